The van der Waals surface area contributed by atoms with Gasteiger partial charge in [0, 0.05) is 5.38 Å². The molecule has 0 unspecified atom stereocenters. The molecule has 0 radical (unpaired) electrons. The zero-order chi connectivity index (χ0) is 9.26. The number of nitrogens with one attached hydrogen (secondary N) is 1. The highest BCUT2D eigenvalue weighted by Gasteiger charge is 2.18. The second kappa shape index (κ2) is 2.90. The standard InChI is InChI=1S/C5H3N5O2S/c11-5(12)4-3(7-9-8-4)2-1-13-10-6-2/h1H,(H,11,12)(H,7,8,9). The predicted molar refractivity (Wildman–Crippen MR) is 42.2 cm³/mol. The second-order valence-electron chi connectivity index (χ2n) is 2.12. The molecule has 0 atom stereocenters. The molecule has 66 valence electrons. The molecule has 0 saturated heterocycles. The third-order valence-corrected chi connectivity index (χ3v) is 1.86. The van der Waals surface area contributed by atoms with Gasteiger partial charge in [-0.05, 0) is 11.5 Å². The molecular formula is C5H3N5O2S. The van der Waals surface area contributed by atoms with Gasteiger partial charge in [0.15, 0.2) is 5.69 Å². The highest BCUT2D eigenvalue weighted by atomic mass is 32.1. The maximum absolute atomic E-state index is 10.6. The van der Waals surface area contributed by atoms with Gasteiger partial charge in [0.1, 0.15) is 11.4 Å². The van der Waals surface area contributed by atoms with Crippen LogP contribution in [0.15, 0.2) is 5.38 Å². The summed E-state index contributed by atoms with van der Waals surface area (Å²) in [5.41, 5.74) is 0.477. The Balaban J connectivity index is 2.52. The zero-order valence-corrected chi connectivity index (χ0v) is 6.95. The Labute approximate surface area is 75.6 Å². The van der Waals surface area contributed by atoms with E-state index in [1.54, 1.807) is 5.38 Å². The number of aromatic nitrogens is 5. The molecule has 2 aromatic heterocycles. The molecule has 13 heavy (non-hydrogen) atoms. The van der Waals surface area contributed by atoms with Crippen molar-refractivity contribution in [1.29, 1.82) is 0 Å². The molecule has 2 rings (SSSR count). The molecule has 0 aromatic carbocycles. The number of hydrogen-bond donors (Lipinski definition) is 2. The first-order chi connectivity index (χ1) is 6.29. The molecule has 0 amide bonds. The molecule has 0 bridgehead atoms. The molecule has 2 heterocycles. The number of nitrogens with zero attached hydrogens (tertiary/aromatic N) is 4. The van der Waals surface area contributed by atoms with Crippen LogP contribution in [-0.2, 0) is 0 Å². The summed E-state index contributed by atoms with van der Waals surface area (Å²) in [6.07, 6.45) is 0. The minimum atomic E-state index is -1.14. The van der Waals surface area contributed by atoms with Crippen molar-refractivity contribution in [3.8, 4) is 11.4 Å². The minimum absolute atomic E-state index is 0.146. The van der Waals surface area contributed by atoms with Gasteiger partial charge in [-0.15, -0.1) is 10.2 Å². The second-order valence-corrected chi connectivity index (χ2v) is 2.73. The third-order valence-electron chi connectivity index (χ3n) is 1.35. The summed E-state index contributed by atoms with van der Waals surface area (Å²) in [6.45, 7) is 0. The molecule has 0 aliphatic rings. The van der Waals surface area contributed by atoms with Crippen LogP contribution in [0.3, 0.4) is 0 Å². The lowest BCUT2D eigenvalue weighted by molar-refractivity contribution is 0.0691. The summed E-state index contributed by atoms with van der Waals surface area (Å²) >= 11 is 1.12. The molecule has 0 fully saturated rings. The normalized spacial score (nSPS) is 10.2. The van der Waals surface area contributed by atoms with E-state index in [9.17, 15) is 4.79 Å². The Kier molecular flexibility index (Phi) is 1.74. The lowest BCUT2D eigenvalue weighted by atomic mass is 10.3. The minimum Gasteiger partial charge on any atom is -0.476 e. The van der Waals surface area contributed by atoms with Crippen LogP contribution < -0.4 is 0 Å². The van der Waals surface area contributed by atoms with E-state index in [-0.39, 0.29) is 11.4 Å². The Bertz CT molecular complexity index is 422. The maximum atomic E-state index is 10.6. The Morgan fingerprint density at radius 3 is 3.00 bits per heavy atom. The van der Waals surface area contributed by atoms with E-state index in [0.29, 0.717) is 5.69 Å². The lowest BCUT2D eigenvalue weighted by Gasteiger charge is -1.87. The predicted octanol–water partition coefficient (Wildman–Crippen LogP) is 0.0214. The van der Waals surface area contributed by atoms with Gasteiger partial charge in [-0.3, -0.25) is 0 Å². The molecular weight excluding hydrogens is 194 g/mol. The number of aromatic carboxylic acids is 1. The SMILES string of the molecule is O=C(O)c1n[nH]nc1-c1csnn1. The van der Waals surface area contributed by atoms with Gasteiger partial charge in [-0.1, -0.05) is 4.49 Å². The van der Waals surface area contributed by atoms with E-state index in [1.807, 2.05) is 0 Å². The number of H-pyrrole nitrogens is 1. The van der Waals surface area contributed by atoms with E-state index >= 15 is 0 Å². The van der Waals surface area contributed by atoms with Crippen LogP contribution in [0.25, 0.3) is 11.4 Å². The van der Waals surface area contributed by atoms with E-state index < -0.39 is 5.97 Å². The topological polar surface area (TPSA) is 105 Å². The monoisotopic (exact) mass is 197 g/mol. The van der Waals surface area contributed by atoms with Crippen LogP contribution in [0.4, 0.5) is 0 Å². The quantitative estimate of drug-likeness (QED) is 0.703. The number of hydrogen-bond acceptors (Lipinski definition) is 6. The average molecular weight is 197 g/mol. The molecule has 2 N–H and O–H groups in total. The van der Waals surface area contributed by atoms with Crippen molar-refractivity contribution < 1.29 is 9.90 Å². The van der Waals surface area contributed by atoms with Crippen molar-refractivity contribution in [2.75, 3.05) is 0 Å². The van der Waals surface area contributed by atoms with Gasteiger partial charge in [0.05, 0.1) is 0 Å². The average Bonchev–Trinajstić information content (AvgIpc) is 2.74. The molecule has 0 aliphatic heterocycles. The zero-order valence-electron chi connectivity index (χ0n) is 6.13. The maximum Gasteiger partial charge on any atom is 0.358 e. The Hall–Kier alpha value is -1.83. The van der Waals surface area contributed by atoms with Gasteiger partial charge in [0.25, 0.3) is 0 Å². The number of rotatable bonds is 2. The van der Waals surface area contributed by atoms with E-state index in [2.05, 4.69) is 25.0 Å². The van der Waals surface area contributed by atoms with Crippen LogP contribution >= 0.6 is 11.5 Å². The largest absolute Gasteiger partial charge is 0.476 e. The number of carboxylic acids is 1. The summed E-state index contributed by atoms with van der Waals surface area (Å²) in [7, 11) is 0. The summed E-state index contributed by atoms with van der Waals surface area (Å²) in [6, 6.07) is 0. The molecule has 8 heteroatoms. The van der Waals surface area contributed by atoms with Crippen molar-refractivity contribution in [1.82, 2.24) is 25.0 Å². The van der Waals surface area contributed by atoms with Crippen molar-refractivity contribution in [3.05, 3.63) is 11.1 Å². The first-order valence-electron chi connectivity index (χ1n) is 3.20. The molecule has 0 aliphatic carbocycles. The van der Waals surface area contributed by atoms with E-state index in [0.717, 1.165) is 11.5 Å². The molecule has 0 spiro atoms. The van der Waals surface area contributed by atoms with Crippen molar-refractivity contribution in [3.63, 3.8) is 0 Å². The Morgan fingerprint density at radius 2 is 2.38 bits per heavy atom. The van der Waals surface area contributed by atoms with Crippen LogP contribution in [0, 0.1) is 0 Å². The lowest BCUT2D eigenvalue weighted by Crippen LogP contribution is -1.99. The summed E-state index contributed by atoms with van der Waals surface area (Å²) in [4.78, 5) is 10.6. The van der Waals surface area contributed by atoms with Gasteiger partial charge in [-0.2, -0.15) is 10.3 Å². The van der Waals surface area contributed by atoms with Crippen LogP contribution in [0.1, 0.15) is 10.5 Å². The van der Waals surface area contributed by atoms with E-state index in [1.165, 1.54) is 0 Å². The van der Waals surface area contributed by atoms with Crippen LogP contribution in [0.5, 0.6) is 0 Å². The van der Waals surface area contributed by atoms with Crippen LogP contribution in [0.2, 0.25) is 0 Å². The van der Waals surface area contributed by atoms with Crippen molar-refractivity contribution in [2.45, 2.75) is 0 Å². The van der Waals surface area contributed by atoms with Gasteiger partial charge in [0.2, 0.25) is 0 Å². The first-order valence-corrected chi connectivity index (χ1v) is 4.04. The fourth-order valence-corrected chi connectivity index (χ4v) is 1.27. The number of carboxylic acid groups (broad SMARTS) is 1. The highest BCUT2D eigenvalue weighted by Crippen LogP contribution is 2.17. The molecule has 0 saturated carbocycles. The summed E-state index contributed by atoms with van der Waals surface area (Å²) in [5.74, 6) is -1.14. The first kappa shape index (κ1) is 7.80. The van der Waals surface area contributed by atoms with Crippen molar-refractivity contribution >= 4 is 17.5 Å². The number of aromatic amines is 1. The van der Waals surface area contributed by atoms with Gasteiger partial charge in [-0.25, -0.2) is 4.79 Å². The van der Waals surface area contributed by atoms with Gasteiger partial charge >= 0.3 is 5.97 Å². The van der Waals surface area contributed by atoms with Crippen molar-refractivity contribution in [2.24, 2.45) is 0 Å². The summed E-state index contributed by atoms with van der Waals surface area (Å²) < 4.78 is 3.60. The fourth-order valence-electron chi connectivity index (χ4n) is 0.826. The Morgan fingerprint density at radius 1 is 1.54 bits per heavy atom. The van der Waals surface area contributed by atoms with Gasteiger partial charge < -0.3 is 5.11 Å². The van der Waals surface area contributed by atoms with E-state index in [4.69, 9.17) is 5.11 Å². The van der Waals surface area contributed by atoms with Crippen LogP contribution in [-0.4, -0.2) is 36.1 Å². The summed E-state index contributed by atoms with van der Waals surface area (Å²) in [5, 5.41) is 23.3. The number of carbonyl (C=O) groups is 1. The molecule has 2 aromatic rings. The fraction of sp³-hybridized carbons (Fsp3) is 0. The highest BCUT2D eigenvalue weighted by molar-refractivity contribution is 7.03. The third kappa shape index (κ3) is 1.26. The smallest absolute Gasteiger partial charge is 0.358 e. The molecule has 7 nitrogen and oxygen atoms in total.